The van der Waals surface area contributed by atoms with Gasteiger partial charge in [0.2, 0.25) is 0 Å². The topological polar surface area (TPSA) is 62.6 Å². The summed E-state index contributed by atoms with van der Waals surface area (Å²) in [5, 5.41) is 3.25. The molecule has 1 fully saturated rings. The van der Waals surface area contributed by atoms with Gasteiger partial charge in [0.15, 0.2) is 5.11 Å². The van der Waals surface area contributed by atoms with Crippen molar-refractivity contribution in [1.82, 2.24) is 10.2 Å². The Morgan fingerprint density at radius 3 is 2.58 bits per heavy atom. The number of amides is 2. The minimum Gasteiger partial charge on any atom is -0.457 e. The van der Waals surface area contributed by atoms with Crippen molar-refractivity contribution in [2.45, 2.75) is 6.92 Å². The molecule has 24 heavy (non-hydrogen) atoms. The highest BCUT2D eigenvalue weighted by Crippen LogP contribution is 2.25. The summed E-state index contributed by atoms with van der Waals surface area (Å²) < 4.78 is 5.70. The molecule has 3 rings (SSSR count). The van der Waals surface area contributed by atoms with E-state index in [1.54, 1.807) is 31.2 Å². The van der Waals surface area contributed by atoms with Gasteiger partial charge in [-0.15, -0.1) is 0 Å². The van der Waals surface area contributed by atoms with Gasteiger partial charge in [0.25, 0.3) is 11.8 Å². The van der Waals surface area contributed by atoms with Crippen LogP contribution in [0.3, 0.4) is 0 Å². The predicted molar refractivity (Wildman–Crippen MR) is 95.3 cm³/mol. The van der Waals surface area contributed by atoms with Crippen LogP contribution in [0.1, 0.15) is 12.7 Å². The molecule has 5 nitrogen and oxygen atoms in total. The Kier molecular flexibility index (Phi) is 4.51. The van der Waals surface area contributed by atoms with Crippen LogP contribution in [0.2, 0.25) is 5.02 Å². The highest BCUT2D eigenvalue weighted by Gasteiger charge is 2.32. The first-order chi connectivity index (χ1) is 11.5. The Balaban J connectivity index is 1.91. The molecule has 1 N–H and O–H groups in total. The van der Waals surface area contributed by atoms with Crippen LogP contribution in [0.15, 0.2) is 46.4 Å². The van der Waals surface area contributed by atoms with Gasteiger partial charge in [0.1, 0.15) is 17.1 Å². The summed E-state index contributed by atoms with van der Waals surface area (Å²) in [6.07, 6.45) is 1.42. The molecule has 1 aromatic carbocycles. The number of likely N-dealkylation sites (N-methyl/N-ethyl adjacent to an activating group) is 1. The molecule has 1 aliphatic rings. The molecular formula is C17H13ClN2O3S. The number of benzene rings is 1. The third-order valence-corrected chi connectivity index (χ3v) is 4.12. The highest BCUT2D eigenvalue weighted by atomic mass is 35.5. The monoisotopic (exact) mass is 360 g/mol. The summed E-state index contributed by atoms with van der Waals surface area (Å²) in [7, 11) is 0. The van der Waals surface area contributed by atoms with Gasteiger partial charge in [-0.05, 0) is 61.6 Å². The van der Waals surface area contributed by atoms with E-state index in [1.165, 1.54) is 11.0 Å². The fourth-order valence-corrected chi connectivity index (χ4v) is 2.75. The molecule has 0 bridgehead atoms. The van der Waals surface area contributed by atoms with E-state index in [2.05, 4.69) is 5.32 Å². The first-order valence-corrected chi connectivity index (χ1v) is 8.03. The highest BCUT2D eigenvalue weighted by molar-refractivity contribution is 7.80. The fourth-order valence-electron chi connectivity index (χ4n) is 2.32. The average molecular weight is 361 g/mol. The molecule has 7 heteroatoms. The summed E-state index contributed by atoms with van der Waals surface area (Å²) in [5.74, 6) is 0.0576. The lowest BCUT2D eigenvalue weighted by Gasteiger charge is -2.27. The second-order valence-electron chi connectivity index (χ2n) is 5.08. The number of carbonyl (C=O) groups excluding carboxylic acids is 2. The van der Waals surface area contributed by atoms with Gasteiger partial charge in [0.05, 0.1) is 0 Å². The molecule has 0 spiro atoms. The van der Waals surface area contributed by atoms with Gasteiger partial charge in [0, 0.05) is 17.1 Å². The zero-order chi connectivity index (χ0) is 17.3. The molecule has 1 saturated heterocycles. The standard InChI is InChI=1S/C17H13ClN2O3S/c1-2-20-16(22)13(15(21)19-17(20)24)9-12-7-8-14(23-12)10-3-5-11(18)6-4-10/h3-9H,2H2,1H3,(H,19,21,24)/b13-9+. The van der Waals surface area contributed by atoms with E-state index in [0.717, 1.165) is 5.56 Å². The maximum atomic E-state index is 12.3. The van der Waals surface area contributed by atoms with Gasteiger partial charge >= 0.3 is 0 Å². The predicted octanol–water partition coefficient (Wildman–Crippen LogP) is 3.25. The molecule has 0 atom stereocenters. The maximum absolute atomic E-state index is 12.3. The van der Waals surface area contributed by atoms with Crippen LogP contribution in [-0.2, 0) is 9.59 Å². The Morgan fingerprint density at radius 1 is 1.21 bits per heavy atom. The SMILES string of the molecule is CCN1C(=O)/C(=C/c2ccc(-c3ccc(Cl)cc3)o2)C(=O)NC1=S. The second kappa shape index (κ2) is 6.59. The van der Waals surface area contributed by atoms with Crippen molar-refractivity contribution in [3.8, 4) is 11.3 Å². The van der Waals surface area contributed by atoms with Crippen LogP contribution in [0, 0.1) is 0 Å². The number of furan rings is 1. The molecule has 0 aliphatic carbocycles. The third-order valence-electron chi connectivity index (χ3n) is 3.54. The Morgan fingerprint density at radius 2 is 1.92 bits per heavy atom. The minimum absolute atomic E-state index is 0.0116. The lowest BCUT2D eigenvalue weighted by Crippen LogP contribution is -2.53. The van der Waals surface area contributed by atoms with E-state index < -0.39 is 11.8 Å². The average Bonchev–Trinajstić information content (AvgIpc) is 3.01. The molecule has 2 aromatic rings. The zero-order valence-electron chi connectivity index (χ0n) is 12.7. The van der Waals surface area contributed by atoms with Crippen LogP contribution in [0.5, 0.6) is 0 Å². The van der Waals surface area contributed by atoms with Crippen molar-refractivity contribution in [2.75, 3.05) is 6.54 Å². The first-order valence-electron chi connectivity index (χ1n) is 7.24. The van der Waals surface area contributed by atoms with E-state index in [1.807, 2.05) is 12.1 Å². The van der Waals surface area contributed by atoms with Gasteiger partial charge < -0.3 is 4.42 Å². The van der Waals surface area contributed by atoms with Crippen molar-refractivity contribution in [1.29, 1.82) is 0 Å². The lowest BCUT2D eigenvalue weighted by atomic mass is 10.1. The Hall–Kier alpha value is -2.44. The molecule has 2 heterocycles. The maximum Gasteiger partial charge on any atom is 0.265 e. The summed E-state index contributed by atoms with van der Waals surface area (Å²) in [6, 6.07) is 10.6. The Labute approximate surface area is 148 Å². The van der Waals surface area contributed by atoms with Gasteiger partial charge in [-0.2, -0.15) is 0 Å². The van der Waals surface area contributed by atoms with Crippen molar-refractivity contribution in [3.63, 3.8) is 0 Å². The summed E-state index contributed by atoms with van der Waals surface area (Å²) in [6.45, 7) is 2.16. The van der Waals surface area contributed by atoms with E-state index in [4.69, 9.17) is 28.2 Å². The first kappa shape index (κ1) is 16.4. The normalized spacial score (nSPS) is 16.7. The summed E-state index contributed by atoms with van der Waals surface area (Å²) in [5.41, 5.74) is 0.835. The van der Waals surface area contributed by atoms with E-state index in [0.29, 0.717) is 23.1 Å². The molecule has 0 saturated carbocycles. The number of rotatable bonds is 3. The molecular weight excluding hydrogens is 348 g/mol. The van der Waals surface area contributed by atoms with Gasteiger partial charge in [-0.1, -0.05) is 11.6 Å². The number of nitrogens with one attached hydrogen (secondary N) is 1. The van der Waals surface area contributed by atoms with Crippen LogP contribution in [-0.4, -0.2) is 28.4 Å². The van der Waals surface area contributed by atoms with Crippen LogP contribution in [0.25, 0.3) is 17.4 Å². The summed E-state index contributed by atoms with van der Waals surface area (Å²) in [4.78, 5) is 25.7. The van der Waals surface area contributed by atoms with E-state index >= 15 is 0 Å². The number of nitrogens with zero attached hydrogens (tertiary/aromatic N) is 1. The van der Waals surface area contributed by atoms with Crippen LogP contribution in [0.4, 0.5) is 0 Å². The van der Waals surface area contributed by atoms with Gasteiger partial charge in [-0.25, -0.2) is 0 Å². The largest absolute Gasteiger partial charge is 0.457 e. The second-order valence-corrected chi connectivity index (χ2v) is 5.90. The van der Waals surface area contributed by atoms with Crippen LogP contribution < -0.4 is 5.32 Å². The van der Waals surface area contributed by atoms with Crippen LogP contribution >= 0.6 is 23.8 Å². The fraction of sp³-hybridized carbons (Fsp3) is 0.118. The number of carbonyl (C=O) groups is 2. The van der Waals surface area contributed by atoms with Crippen molar-refractivity contribution in [3.05, 3.63) is 52.8 Å². The molecule has 0 radical (unpaired) electrons. The number of halogens is 1. The number of thiocarbonyl (C=S) groups is 1. The lowest BCUT2D eigenvalue weighted by molar-refractivity contribution is -0.128. The van der Waals surface area contributed by atoms with Crippen molar-refractivity contribution in [2.24, 2.45) is 0 Å². The minimum atomic E-state index is -0.529. The van der Waals surface area contributed by atoms with E-state index in [9.17, 15) is 9.59 Å². The van der Waals surface area contributed by atoms with Crippen molar-refractivity contribution < 1.29 is 14.0 Å². The molecule has 1 aromatic heterocycles. The molecule has 1 aliphatic heterocycles. The molecule has 122 valence electrons. The third kappa shape index (κ3) is 3.11. The number of hydrogen-bond donors (Lipinski definition) is 1. The number of hydrogen-bond acceptors (Lipinski definition) is 4. The smallest absolute Gasteiger partial charge is 0.265 e. The zero-order valence-corrected chi connectivity index (χ0v) is 14.3. The van der Waals surface area contributed by atoms with E-state index in [-0.39, 0.29) is 10.7 Å². The molecule has 0 unspecified atom stereocenters. The Bertz CT molecular complexity index is 855. The molecule has 2 amide bonds. The van der Waals surface area contributed by atoms with Crippen molar-refractivity contribution >= 4 is 46.8 Å². The quantitative estimate of drug-likeness (QED) is 0.518. The van der Waals surface area contributed by atoms with Gasteiger partial charge in [-0.3, -0.25) is 19.8 Å². The summed E-state index contributed by atoms with van der Waals surface area (Å²) >= 11 is 10.9.